The van der Waals surface area contributed by atoms with Crippen LogP contribution in [0.1, 0.15) is 5.56 Å². The number of hydrogen-bond donors (Lipinski definition) is 4. The van der Waals surface area contributed by atoms with Crippen LogP contribution >= 0.6 is 0 Å². The van der Waals surface area contributed by atoms with Crippen LogP contribution in [0.2, 0.25) is 0 Å². The molecule has 0 aliphatic carbocycles. The highest BCUT2D eigenvalue weighted by atomic mass is 19.1. The molecule has 0 atom stereocenters. The quantitative estimate of drug-likeness (QED) is 0.421. The molecule has 1 aliphatic rings. The molecule has 12 heteroatoms. The number of phenols is 2. The topological polar surface area (TPSA) is 131 Å². The number of urea groups is 1. The molecule has 2 heterocycles. The van der Waals surface area contributed by atoms with Crippen LogP contribution < -0.4 is 20.4 Å². The summed E-state index contributed by atoms with van der Waals surface area (Å²) in [5.74, 6) is -4.93. The van der Waals surface area contributed by atoms with Crippen molar-refractivity contribution in [1.82, 2.24) is 9.97 Å². The van der Waals surface area contributed by atoms with E-state index in [4.69, 9.17) is 0 Å². The maximum Gasteiger partial charge on any atom is 0.330 e. The fourth-order valence-corrected chi connectivity index (χ4v) is 3.38. The number of halogens is 2. The minimum absolute atomic E-state index is 0.0968. The summed E-state index contributed by atoms with van der Waals surface area (Å²) in [5, 5.41) is 24.9. The maximum absolute atomic E-state index is 14.5. The number of carbonyl (C=O) groups is 2. The van der Waals surface area contributed by atoms with Crippen molar-refractivity contribution in [1.29, 1.82) is 0 Å². The van der Waals surface area contributed by atoms with Gasteiger partial charge in [-0.05, 0) is 18.2 Å². The second-order valence-electron chi connectivity index (χ2n) is 7.23. The Kier molecular flexibility index (Phi) is 5.72. The van der Waals surface area contributed by atoms with Gasteiger partial charge in [-0.1, -0.05) is 18.7 Å². The second-order valence-corrected chi connectivity index (χ2v) is 7.23. The van der Waals surface area contributed by atoms with E-state index in [9.17, 15) is 28.6 Å². The molecule has 0 saturated heterocycles. The number of benzene rings is 2. The zero-order valence-electron chi connectivity index (χ0n) is 17.7. The van der Waals surface area contributed by atoms with Gasteiger partial charge in [0.05, 0.1) is 17.9 Å². The molecule has 3 aromatic rings. The lowest BCUT2D eigenvalue weighted by molar-refractivity contribution is -0.111. The first-order chi connectivity index (χ1) is 16.2. The molecule has 0 radical (unpaired) electrons. The Morgan fingerprint density at radius 1 is 1.18 bits per heavy atom. The van der Waals surface area contributed by atoms with E-state index in [0.29, 0.717) is 23.0 Å². The zero-order valence-corrected chi connectivity index (χ0v) is 17.7. The van der Waals surface area contributed by atoms with Gasteiger partial charge in [-0.15, -0.1) is 0 Å². The molecule has 1 aromatic heterocycles. The summed E-state index contributed by atoms with van der Waals surface area (Å²) >= 11 is 0. The Morgan fingerprint density at radius 3 is 2.47 bits per heavy atom. The second kappa shape index (κ2) is 8.65. The van der Waals surface area contributed by atoms with Crippen molar-refractivity contribution in [2.24, 2.45) is 0 Å². The Labute approximate surface area is 191 Å². The summed E-state index contributed by atoms with van der Waals surface area (Å²) in [7, 11) is 1.35. The lowest BCUT2D eigenvalue weighted by atomic mass is 10.1. The van der Waals surface area contributed by atoms with Gasteiger partial charge in [0.15, 0.2) is 23.1 Å². The molecule has 0 spiro atoms. The first-order valence-electron chi connectivity index (χ1n) is 9.81. The Morgan fingerprint density at radius 2 is 1.82 bits per heavy atom. The molecule has 4 rings (SSSR count). The first-order valence-corrected chi connectivity index (χ1v) is 9.81. The molecule has 174 valence electrons. The van der Waals surface area contributed by atoms with Crippen molar-refractivity contribution in [3.05, 3.63) is 66.4 Å². The Bertz CT molecular complexity index is 1310. The molecule has 0 bridgehead atoms. The minimum atomic E-state index is -1.39. The van der Waals surface area contributed by atoms with E-state index in [2.05, 4.69) is 27.2 Å². The molecule has 1 aliphatic heterocycles. The van der Waals surface area contributed by atoms with Gasteiger partial charge in [0, 0.05) is 24.9 Å². The van der Waals surface area contributed by atoms with E-state index in [1.54, 1.807) is 24.3 Å². The van der Waals surface area contributed by atoms with Gasteiger partial charge < -0.3 is 20.8 Å². The lowest BCUT2D eigenvalue weighted by Crippen LogP contribution is -2.46. The van der Waals surface area contributed by atoms with E-state index in [1.165, 1.54) is 13.2 Å². The summed E-state index contributed by atoms with van der Waals surface area (Å²) in [6, 6.07) is 6.44. The summed E-state index contributed by atoms with van der Waals surface area (Å²) in [4.78, 5) is 34.9. The maximum atomic E-state index is 14.5. The number of rotatable bonds is 5. The molecule has 0 unspecified atom stereocenters. The number of aromatic nitrogens is 2. The smallest absolute Gasteiger partial charge is 0.330 e. The van der Waals surface area contributed by atoms with E-state index in [-0.39, 0.29) is 18.3 Å². The van der Waals surface area contributed by atoms with Crippen LogP contribution in [0.5, 0.6) is 11.5 Å². The number of nitrogens with zero attached hydrogens (tertiary/aromatic N) is 4. The third-order valence-corrected chi connectivity index (χ3v) is 5.03. The summed E-state index contributed by atoms with van der Waals surface area (Å²) in [5.41, 5.74) is 0.374. The molecular weight excluding hydrogens is 450 g/mol. The predicted octanol–water partition coefficient (Wildman–Crippen LogP) is 3.61. The minimum Gasteiger partial charge on any atom is -0.505 e. The molecule has 4 N–H and O–H groups in total. The van der Waals surface area contributed by atoms with Gasteiger partial charge in [0.1, 0.15) is 11.5 Å². The fourth-order valence-electron chi connectivity index (χ4n) is 3.38. The van der Waals surface area contributed by atoms with Gasteiger partial charge in [-0.2, -0.15) is 4.98 Å². The number of carbonyl (C=O) groups excluding carboxylic acids is 2. The number of fused-ring (bicyclic) bond motifs is 1. The zero-order chi connectivity index (χ0) is 24.6. The average molecular weight is 468 g/mol. The van der Waals surface area contributed by atoms with Gasteiger partial charge in [-0.3, -0.25) is 14.6 Å². The number of nitrogens with one attached hydrogen (secondary N) is 2. The molecule has 34 heavy (non-hydrogen) atoms. The van der Waals surface area contributed by atoms with E-state index in [0.717, 1.165) is 15.9 Å². The summed E-state index contributed by atoms with van der Waals surface area (Å²) in [6.45, 7) is 3.09. The molecular formula is C22H18F2N6O4. The van der Waals surface area contributed by atoms with Gasteiger partial charge >= 0.3 is 6.03 Å². The standard InChI is InChI=1S/C22H18F2N6O4/c1-3-16(33)26-12-6-4-5-7-13(12)27-21-25-9-11-10-30(22(34)29(2)20(11)28-21)19-17(23)14(31)8-15(32)18(19)24/h3-9,31-32H,1,10H2,2H3,(H,26,33)(H,25,27,28). The van der Waals surface area contributed by atoms with Crippen LogP contribution in [-0.4, -0.2) is 39.2 Å². The highest BCUT2D eigenvalue weighted by molar-refractivity contribution is 6.05. The molecule has 2 aromatic carbocycles. The third kappa shape index (κ3) is 3.92. The van der Waals surface area contributed by atoms with Gasteiger partial charge in [0.2, 0.25) is 11.9 Å². The van der Waals surface area contributed by atoms with Crippen molar-refractivity contribution in [2.75, 3.05) is 27.5 Å². The molecule has 3 amide bonds. The molecule has 10 nitrogen and oxygen atoms in total. The van der Waals surface area contributed by atoms with Crippen LogP contribution in [0.25, 0.3) is 0 Å². The third-order valence-electron chi connectivity index (χ3n) is 5.03. The number of anilines is 5. The van der Waals surface area contributed by atoms with Crippen LogP contribution in [0, 0.1) is 11.6 Å². The highest BCUT2D eigenvalue weighted by Crippen LogP contribution is 2.39. The number of aromatic hydroxyl groups is 2. The number of phenolic OH excluding ortho intramolecular Hbond substituents is 2. The predicted molar refractivity (Wildman–Crippen MR) is 120 cm³/mol. The van der Waals surface area contributed by atoms with E-state index < -0.39 is 40.8 Å². The number of para-hydroxylation sites is 2. The van der Waals surface area contributed by atoms with Gasteiger partial charge in [0.25, 0.3) is 0 Å². The lowest BCUT2D eigenvalue weighted by Gasteiger charge is -2.34. The van der Waals surface area contributed by atoms with E-state index >= 15 is 0 Å². The summed E-state index contributed by atoms with van der Waals surface area (Å²) in [6.07, 6.45) is 2.49. The SMILES string of the molecule is C=CC(=O)Nc1ccccc1Nc1ncc2c(n1)N(C)C(=O)N(c1c(F)c(O)cc(O)c1F)C2. The average Bonchev–Trinajstić information content (AvgIpc) is 2.82. The number of hydrogen-bond acceptors (Lipinski definition) is 7. The van der Waals surface area contributed by atoms with Crippen LogP contribution in [-0.2, 0) is 11.3 Å². The van der Waals surface area contributed by atoms with Crippen LogP contribution in [0.15, 0.2) is 49.2 Å². The Hall–Kier alpha value is -4.74. The summed E-state index contributed by atoms with van der Waals surface area (Å²) < 4.78 is 28.9. The first kappa shape index (κ1) is 22.5. The van der Waals surface area contributed by atoms with Crippen molar-refractivity contribution >= 4 is 40.8 Å². The normalized spacial score (nSPS) is 12.9. The largest absolute Gasteiger partial charge is 0.505 e. The molecule has 0 fully saturated rings. The van der Waals surface area contributed by atoms with Crippen molar-refractivity contribution in [3.63, 3.8) is 0 Å². The van der Waals surface area contributed by atoms with Crippen LogP contribution in [0.4, 0.5) is 42.4 Å². The van der Waals surface area contributed by atoms with E-state index in [1.807, 2.05) is 0 Å². The number of amides is 3. The van der Waals surface area contributed by atoms with Crippen molar-refractivity contribution in [3.8, 4) is 11.5 Å². The van der Waals surface area contributed by atoms with Crippen LogP contribution in [0.3, 0.4) is 0 Å². The highest BCUT2D eigenvalue weighted by Gasteiger charge is 2.35. The van der Waals surface area contributed by atoms with Crippen molar-refractivity contribution < 1.29 is 28.6 Å². The monoisotopic (exact) mass is 468 g/mol. The fraction of sp³-hybridized carbons (Fsp3) is 0.0909. The van der Waals surface area contributed by atoms with Crippen molar-refractivity contribution in [2.45, 2.75) is 6.54 Å². The van der Waals surface area contributed by atoms with Gasteiger partial charge in [-0.25, -0.2) is 18.6 Å². The Balaban J connectivity index is 1.67. The molecule has 0 saturated carbocycles.